The van der Waals surface area contributed by atoms with Crippen LogP contribution in [-0.2, 0) is 19.0 Å². The van der Waals surface area contributed by atoms with E-state index in [1.807, 2.05) is 11.9 Å². The summed E-state index contributed by atoms with van der Waals surface area (Å²) in [7, 11) is 3.25. The normalized spacial score (nSPS) is 21.1. The average Bonchev–Trinajstić information content (AvgIpc) is 2.30. The molecule has 0 aromatic rings. The fourth-order valence-corrected chi connectivity index (χ4v) is 1.55. The molecule has 1 aliphatic rings. The Labute approximate surface area is 96.6 Å². The van der Waals surface area contributed by atoms with Gasteiger partial charge in [0.25, 0.3) is 0 Å². The summed E-state index contributed by atoms with van der Waals surface area (Å²) >= 11 is 0. The van der Waals surface area contributed by atoms with Crippen molar-refractivity contribution in [3.8, 4) is 0 Å². The van der Waals surface area contributed by atoms with Crippen LogP contribution in [0.15, 0.2) is 0 Å². The maximum absolute atomic E-state index is 11.0. The number of methoxy groups -OCH3 is 1. The molecule has 5 heteroatoms. The molecule has 1 rings (SSSR count). The molecule has 0 aromatic heterocycles. The minimum atomic E-state index is -0.226. The molecule has 1 heterocycles. The first-order valence-corrected chi connectivity index (χ1v) is 5.71. The van der Waals surface area contributed by atoms with Crippen LogP contribution in [0.1, 0.15) is 19.3 Å². The number of ether oxygens (including phenoxy) is 3. The molecule has 0 spiro atoms. The van der Waals surface area contributed by atoms with Gasteiger partial charge in [-0.1, -0.05) is 0 Å². The lowest BCUT2D eigenvalue weighted by molar-refractivity contribution is -0.164. The first kappa shape index (κ1) is 13.4. The highest BCUT2D eigenvalue weighted by atomic mass is 16.7. The van der Waals surface area contributed by atoms with Gasteiger partial charge >= 0.3 is 5.97 Å². The van der Waals surface area contributed by atoms with E-state index in [1.54, 1.807) is 0 Å². The maximum atomic E-state index is 11.0. The van der Waals surface area contributed by atoms with E-state index in [-0.39, 0.29) is 12.3 Å². The summed E-state index contributed by atoms with van der Waals surface area (Å²) < 4.78 is 15.6. The standard InChI is InChI=1S/C11H21NO4/c1-12(9-10(13)14-2)6-8-16-11-5-3-4-7-15-11/h11H,3-9H2,1-2H3. The van der Waals surface area contributed by atoms with Crippen LogP contribution < -0.4 is 0 Å². The van der Waals surface area contributed by atoms with E-state index in [0.29, 0.717) is 19.7 Å². The van der Waals surface area contributed by atoms with Crippen molar-refractivity contribution in [1.29, 1.82) is 0 Å². The van der Waals surface area contributed by atoms with Crippen molar-refractivity contribution < 1.29 is 19.0 Å². The van der Waals surface area contributed by atoms with E-state index in [9.17, 15) is 4.79 Å². The molecule has 0 aromatic carbocycles. The fourth-order valence-electron chi connectivity index (χ4n) is 1.55. The maximum Gasteiger partial charge on any atom is 0.319 e. The van der Waals surface area contributed by atoms with Gasteiger partial charge in [0, 0.05) is 13.2 Å². The van der Waals surface area contributed by atoms with Crippen molar-refractivity contribution in [2.75, 3.05) is 40.5 Å². The summed E-state index contributed by atoms with van der Waals surface area (Å²) in [6.07, 6.45) is 3.21. The van der Waals surface area contributed by atoms with Crippen LogP contribution in [0, 0.1) is 0 Å². The van der Waals surface area contributed by atoms with Gasteiger partial charge in [-0.2, -0.15) is 0 Å². The van der Waals surface area contributed by atoms with Gasteiger partial charge < -0.3 is 14.2 Å². The lowest BCUT2D eigenvalue weighted by atomic mass is 10.2. The summed E-state index contributed by atoms with van der Waals surface area (Å²) in [5.74, 6) is -0.226. The molecule has 0 amide bonds. The monoisotopic (exact) mass is 231 g/mol. The van der Waals surface area contributed by atoms with Gasteiger partial charge in [0.1, 0.15) is 0 Å². The van der Waals surface area contributed by atoms with E-state index >= 15 is 0 Å². The number of hydrogen-bond donors (Lipinski definition) is 0. The van der Waals surface area contributed by atoms with Crippen molar-refractivity contribution in [3.63, 3.8) is 0 Å². The fraction of sp³-hybridized carbons (Fsp3) is 0.909. The molecule has 0 radical (unpaired) electrons. The lowest BCUT2D eigenvalue weighted by Gasteiger charge is -2.23. The molecule has 1 atom stereocenters. The van der Waals surface area contributed by atoms with Crippen LogP contribution >= 0.6 is 0 Å². The van der Waals surface area contributed by atoms with Gasteiger partial charge in [0.15, 0.2) is 6.29 Å². The zero-order valence-electron chi connectivity index (χ0n) is 10.1. The smallest absolute Gasteiger partial charge is 0.319 e. The quantitative estimate of drug-likeness (QED) is 0.628. The highest BCUT2D eigenvalue weighted by Crippen LogP contribution is 2.13. The van der Waals surface area contributed by atoms with Gasteiger partial charge in [0.05, 0.1) is 20.3 Å². The van der Waals surface area contributed by atoms with Crippen LogP contribution in [0.5, 0.6) is 0 Å². The number of likely N-dealkylation sites (N-methyl/N-ethyl adjacent to an activating group) is 1. The highest BCUT2D eigenvalue weighted by molar-refractivity contribution is 5.71. The van der Waals surface area contributed by atoms with Crippen LogP contribution in [0.2, 0.25) is 0 Å². The number of nitrogens with zero attached hydrogens (tertiary/aromatic N) is 1. The first-order chi connectivity index (χ1) is 7.72. The second kappa shape index (κ2) is 7.60. The molecule has 0 bridgehead atoms. The zero-order valence-corrected chi connectivity index (χ0v) is 10.1. The molecule has 1 unspecified atom stereocenters. The molecular weight excluding hydrogens is 210 g/mol. The number of esters is 1. The molecule has 1 aliphatic heterocycles. The number of hydrogen-bond acceptors (Lipinski definition) is 5. The molecule has 5 nitrogen and oxygen atoms in total. The van der Waals surface area contributed by atoms with E-state index in [2.05, 4.69) is 4.74 Å². The van der Waals surface area contributed by atoms with Crippen LogP contribution in [0.3, 0.4) is 0 Å². The Bertz CT molecular complexity index is 204. The Morgan fingerprint density at radius 1 is 1.50 bits per heavy atom. The third-order valence-electron chi connectivity index (χ3n) is 2.54. The zero-order chi connectivity index (χ0) is 11.8. The molecule has 1 fully saturated rings. The summed E-state index contributed by atoms with van der Waals surface area (Å²) in [4.78, 5) is 12.8. The van der Waals surface area contributed by atoms with E-state index in [1.165, 1.54) is 13.5 Å². The second-order valence-electron chi connectivity index (χ2n) is 3.98. The van der Waals surface area contributed by atoms with Gasteiger partial charge in [0.2, 0.25) is 0 Å². The Hall–Kier alpha value is -0.650. The van der Waals surface area contributed by atoms with Crippen LogP contribution in [0.25, 0.3) is 0 Å². The molecule has 0 N–H and O–H groups in total. The molecule has 0 saturated carbocycles. The lowest BCUT2D eigenvalue weighted by Crippen LogP contribution is -2.32. The van der Waals surface area contributed by atoms with Crippen molar-refractivity contribution in [1.82, 2.24) is 4.90 Å². The van der Waals surface area contributed by atoms with Crippen molar-refractivity contribution >= 4 is 5.97 Å². The number of carbonyl (C=O) groups is 1. The molecule has 94 valence electrons. The van der Waals surface area contributed by atoms with E-state index in [4.69, 9.17) is 9.47 Å². The minimum Gasteiger partial charge on any atom is -0.468 e. The Balaban J connectivity index is 2.03. The van der Waals surface area contributed by atoms with Crippen LogP contribution in [-0.4, -0.2) is 57.6 Å². The predicted molar refractivity (Wildman–Crippen MR) is 59.1 cm³/mol. The number of carbonyl (C=O) groups excluding carboxylic acids is 1. The average molecular weight is 231 g/mol. The topological polar surface area (TPSA) is 48.0 Å². The van der Waals surface area contributed by atoms with Gasteiger partial charge in [-0.15, -0.1) is 0 Å². The third-order valence-corrected chi connectivity index (χ3v) is 2.54. The van der Waals surface area contributed by atoms with Gasteiger partial charge in [-0.05, 0) is 26.3 Å². The molecule has 16 heavy (non-hydrogen) atoms. The van der Waals surface area contributed by atoms with Crippen molar-refractivity contribution in [2.45, 2.75) is 25.6 Å². The molecular formula is C11H21NO4. The van der Waals surface area contributed by atoms with E-state index < -0.39 is 0 Å². The number of rotatable bonds is 6. The predicted octanol–water partition coefficient (Wildman–Crippen LogP) is 0.634. The van der Waals surface area contributed by atoms with Crippen molar-refractivity contribution in [2.24, 2.45) is 0 Å². The SMILES string of the molecule is COC(=O)CN(C)CCOC1CCCCO1. The molecule has 1 saturated heterocycles. The second-order valence-corrected chi connectivity index (χ2v) is 3.98. The van der Waals surface area contributed by atoms with Crippen LogP contribution in [0.4, 0.5) is 0 Å². The third kappa shape index (κ3) is 5.44. The molecule has 0 aliphatic carbocycles. The highest BCUT2D eigenvalue weighted by Gasteiger charge is 2.14. The van der Waals surface area contributed by atoms with Gasteiger partial charge in [-0.3, -0.25) is 9.69 Å². The largest absolute Gasteiger partial charge is 0.468 e. The van der Waals surface area contributed by atoms with Crippen molar-refractivity contribution in [3.05, 3.63) is 0 Å². The summed E-state index contributed by atoms with van der Waals surface area (Å²) in [5, 5.41) is 0. The summed E-state index contributed by atoms with van der Waals surface area (Å²) in [5.41, 5.74) is 0. The first-order valence-electron chi connectivity index (χ1n) is 5.71. The summed E-state index contributed by atoms with van der Waals surface area (Å²) in [6, 6.07) is 0. The Morgan fingerprint density at radius 3 is 2.94 bits per heavy atom. The minimum absolute atomic E-state index is 0.0553. The Morgan fingerprint density at radius 2 is 2.31 bits per heavy atom. The summed E-state index contributed by atoms with van der Waals surface area (Å²) in [6.45, 7) is 2.38. The van der Waals surface area contributed by atoms with Gasteiger partial charge in [-0.25, -0.2) is 0 Å². The van der Waals surface area contributed by atoms with E-state index in [0.717, 1.165) is 19.4 Å². The Kier molecular flexibility index (Phi) is 6.37.